The molecule has 0 unspecified atom stereocenters. The van der Waals surface area contributed by atoms with E-state index in [2.05, 4.69) is 32.5 Å². The largest absolute Gasteiger partial charge is 0.258 e. The van der Waals surface area contributed by atoms with Gasteiger partial charge in [-0.1, -0.05) is 13.0 Å². The minimum Gasteiger partial charge on any atom is -0.258 e. The second kappa shape index (κ2) is 7.50. The van der Waals surface area contributed by atoms with Crippen molar-refractivity contribution in [1.82, 2.24) is 4.98 Å². The highest BCUT2D eigenvalue weighted by Crippen LogP contribution is 2.26. The summed E-state index contributed by atoms with van der Waals surface area (Å²) in [5, 5.41) is 0. The van der Waals surface area contributed by atoms with Gasteiger partial charge in [0.05, 0.1) is 16.4 Å². The Balaban J connectivity index is 3.58. The van der Waals surface area contributed by atoms with E-state index in [9.17, 15) is 8.42 Å². The molecule has 0 aliphatic rings. The highest BCUT2D eigenvalue weighted by Gasteiger charge is 2.20. The van der Waals surface area contributed by atoms with Crippen molar-refractivity contribution in [2.75, 3.05) is 5.75 Å². The van der Waals surface area contributed by atoms with Crippen molar-refractivity contribution in [1.29, 1.82) is 0 Å². The lowest BCUT2D eigenvalue weighted by Crippen LogP contribution is -2.09. The molecule has 1 aromatic rings. The smallest absolute Gasteiger partial charge is 0.176 e. The first-order valence-electron chi connectivity index (χ1n) is 6.13. The van der Waals surface area contributed by atoms with Crippen molar-refractivity contribution in [2.45, 2.75) is 20.3 Å². The Labute approximate surface area is 128 Å². The maximum Gasteiger partial charge on any atom is 0.176 e. The molecule has 20 heavy (non-hydrogen) atoms. The van der Waals surface area contributed by atoms with Crippen molar-refractivity contribution >= 4 is 37.7 Å². The lowest BCUT2D eigenvalue weighted by Gasteiger charge is -2.10. The van der Waals surface area contributed by atoms with Crippen LogP contribution >= 0.6 is 15.9 Å². The molecule has 0 aliphatic heterocycles. The predicted molar refractivity (Wildman–Crippen MR) is 87.3 cm³/mol. The number of allylic oxidation sites excluding steroid dienone is 2. The second-order valence-electron chi connectivity index (χ2n) is 3.92. The van der Waals surface area contributed by atoms with Gasteiger partial charge in [-0.15, -0.1) is 6.58 Å². The Bertz CT molecular complexity index is 632. The fourth-order valence-electron chi connectivity index (χ4n) is 1.60. The summed E-state index contributed by atoms with van der Waals surface area (Å²) < 4.78 is 25.3. The van der Waals surface area contributed by atoms with E-state index in [4.69, 9.17) is 0 Å². The highest BCUT2D eigenvalue weighted by atomic mass is 79.9. The Kier molecular flexibility index (Phi) is 6.29. The molecule has 6 heteroatoms. The zero-order valence-electron chi connectivity index (χ0n) is 11.5. The monoisotopic (exact) mass is 356 g/mol. The molecule has 0 atom stereocenters. The second-order valence-corrected chi connectivity index (χ2v) is 7.13. The summed E-state index contributed by atoms with van der Waals surface area (Å²) in [5.41, 5.74) is 0.905. The van der Waals surface area contributed by atoms with Gasteiger partial charge in [0, 0.05) is 23.3 Å². The van der Waals surface area contributed by atoms with Gasteiger partial charge in [0.1, 0.15) is 5.70 Å². The summed E-state index contributed by atoms with van der Waals surface area (Å²) in [7, 11) is -3.36. The van der Waals surface area contributed by atoms with Crippen LogP contribution in [0.15, 0.2) is 45.4 Å². The van der Waals surface area contributed by atoms with Gasteiger partial charge < -0.3 is 0 Å². The van der Waals surface area contributed by atoms with Gasteiger partial charge in [-0.2, -0.15) is 0 Å². The molecule has 0 aromatic carbocycles. The number of halogens is 1. The summed E-state index contributed by atoms with van der Waals surface area (Å²) in [6.45, 7) is 6.97. The maximum absolute atomic E-state index is 12.2. The lowest BCUT2D eigenvalue weighted by molar-refractivity contribution is 0.602. The van der Waals surface area contributed by atoms with Crippen LogP contribution in [0.4, 0.5) is 0 Å². The Morgan fingerprint density at radius 2 is 2.20 bits per heavy atom. The van der Waals surface area contributed by atoms with E-state index in [1.807, 2.05) is 0 Å². The first-order chi connectivity index (χ1) is 9.46. The van der Waals surface area contributed by atoms with Crippen LogP contribution in [0, 0.1) is 0 Å². The van der Waals surface area contributed by atoms with Gasteiger partial charge in [0.25, 0.3) is 0 Å². The molecule has 108 valence electrons. The quantitative estimate of drug-likeness (QED) is 0.577. The maximum atomic E-state index is 12.2. The highest BCUT2D eigenvalue weighted by molar-refractivity contribution is 9.10. The van der Waals surface area contributed by atoms with Crippen LogP contribution in [0.5, 0.6) is 0 Å². The van der Waals surface area contributed by atoms with E-state index in [1.54, 1.807) is 44.5 Å². The molecule has 1 heterocycles. The summed E-state index contributed by atoms with van der Waals surface area (Å²) >= 11 is 3.30. The number of rotatable bonds is 6. The van der Waals surface area contributed by atoms with Crippen molar-refractivity contribution < 1.29 is 8.42 Å². The minimum atomic E-state index is -3.36. The molecule has 0 fully saturated rings. The lowest BCUT2D eigenvalue weighted by atomic mass is 10.2. The molecule has 0 bridgehead atoms. The molecule has 1 aromatic heterocycles. The Morgan fingerprint density at radius 3 is 2.65 bits per heavy atom. The number of aliphatic imine (C=N–C) groups is 1. The van der Waals surface area contributed by atoms with E-state index in [1.165, 1.54) is 0 Å². The average Bonchev–Trinajstić information content (AvgIpc) is 2.43. The van der Waals surface area contributed by atoms with E-state index in [0.717, 1.165) is 4.47 Å². The van der Waals surface area contributed by atoms with Gasteiger partial charge in [-0.3, -0.25) is 9.98 Å². The number of hydrogen-bond donors (Lipinski definition) is 0. The third-order valence-corrected chi connectivity index (χ3v) is 4.92. The van der Waals surface area contributed by atoms with Gasteiger partial charge in [-0.25, -0.2) is 8.42 Å². The first kappa shape index (κ1) is 16.8. The van der Waals surface area contributed by atoms with Crippen LogP contribution in [0.25, 0.3) is 5.70 Å². The molecule has 0 amide bonds. The number of sulfone groups is 1. The van der Waals surface area contributed by atoms with Crippen LogP contribution in [0.2, 0.25) is 0 Å². The molecule has 0 N–H and O–H groups in total. The van der Waals surface area contributed by atoms with Gasteiger partial charge in [0.2, 0.25) is 0 Å². The molecule has 0 spiro atoms. The van der Waals surface area contributed by atoms with Gasteiger partial charge >= 0.3 is 0 Å². The van der Waals surface area contributed by atoms with Crippen LogP contribution < -0.4 is 0 Å². The molecule has 4 nitrogen and oxygen atoms in total. The zero-order chi connectivity index (χ0) is 15.2. The van der Waals surface area contributed by atoms with E-state index in [-0.39, 0.29) is 17.1 Å². The Hall–Kier alpha value is -1.27. The molecular weight excluding hydrogens is 340 g/mol. The summed E-state index contributed by atoms with van der Waals surface area (Å²) in [6.07, 6.45) is 4.98. The fourth-order valence-corrected chi connectivity index (χ4v) is 3.01. The van der Waals surface area contributed by atoms with Gasteiger partial charge in [-0.05, 0) is 35.0 Å². The van der Waals surface area contributed by atoms with Crippen molar-refractivity contribution in [3.63, 3.8) is 0 Å². The zero-order valence-corrected chi connectivity index (χ0v) is 13.9. The summed E-state index contributed by atoms with van der Waals surface area (Å²) in [6, 6.07) is 3.54. The topological polar surface area (TPSA) is 59.4 Å². The number of pyridine rings is 1. The molecule has 0 saturated heterocycles. The third-order valence-electron chi connectivity index (χ3n) is 2.58. The molecule has 1 rings (SSSR count). The first-order valence-corrected chi connectivity index (χ1v) is 8.58. The molecule has 0 saturated carbocycles. The van der Waals surface area contributed by atoms with Crippen LogP contribution in [-0.2, 0) is 9.84 Å². The molecule has 0 aliphatic carbocycles. The van der Waals surface area contributed by atoms with E-state index >= 15 is 0 Å². The molecular formula is C14H17BrN2O2S. The van der Waals surface area contributed by atoms with E-state index in [0.29, 0.717) is 11.4 Å². The normalized spacial score (nSPS) is 13.3. The van der Waals surface area contributed by atoms with Gasteiger partial charge in [0.15, 0.2) is 9.84 Å². The number of hydrogen-bond acceptors (Lipinski definition) is 4. The standard InChI is InChI=1S/C14H17BrN2O2S/c1-4-7-13(20(18,19)6-3)14(16-5-2)12-9-8-11(15)10-17-12/h4-5,8-10H,1,6-7H2,2-3H3/b14-13+,16-5?. The molecule has 0 radical (unpaired) electrons. The third kappa shape index (κ3) is 4.11. The SMILES string of the molecule is C=CC/C(=C(\N=CC)c1ccc(Br)cn1)S(=O)(=O)CC. The van der Waals surface area contributed by atoms with Crippen LogP contribution in [0.3, 0.4) is 0 Å². The van der Waals surface area contributed by atoms with Crippen LogP contribution in [-0.4, -0.2) is 25.4 Å². The van der Waals surface area contributed by atoms with Crippen molar-refractivity contribution in [3.8, 4) is 0 Å². The predicted octanol–water partition coefficient (Wildman–Crippen LogP) is 3.61. The average molecular weight is 357 g/mol. The van der Waals surface area contributed by atoms with Crippen LogP contribution in [0.1, 0.15) is 26.0 Å². The van der Waals surface area contributed by atoms with Crippen molar-refractivity contribution in [3.05, 3.63) is 46.1 Å². The number of nitrogens with zero attached hydrogens (tertiary/aromatic N) is 2. The minimum absolute atomic E-state index is 0.0232. The van der Waals surface area contributed by atoms with E-state index < -0.39 is 9.84 Å². The fraction of sp³-hybridized carbons (Fsp3) is 0.286. The van der Waals surface area contributed by atoms with Crippen molar-refractivity contribution in [2.24, 2.45) is 4.99 Å². The number of aromatic nitrogens is 1. The summed E-state index contributed by atoms with van der Waals surface area (Å²) in [5.74, 6) is 0.0232. The summed E-state index contributed by atoms with van der Waals surface area (Å²) in [4.78, 5) is 8.69. The Morgan fingerprint density at radius 1 is 1.50 bits per heavy atom.